The number of carbonyl (C=O) groups is 1. The SMILES string of the molecule is CNc1cnccc1C(=O)NCC1CCCC(C)C1. The van der Waals surface area contributed by atoms with Crippen LogP contribution in [0.4, 0.5) is 5.69 Å². The van der Waals surface area contributed by atoms with Gasteiger partial charge in [-0.15, -0.1) is 0 Å². The van der Waals surface area contributed by atoms with Gasteiger partial charge < -0.3 is 10.6 Å². The fourth-order valence-electron chi connectivity index (χ4n) is 2.87. The van der Waals surface area contributed by atoms with Crippen LogP contribution in [0.1, 0.15) is 43.0 Å². The largest absolute Gasteiger partial charge is 0.386 e. The third kappa shape index (κ3) is 3.69. The fourth-order valence-corrected chi connectivity index (χ4v) is 2.87. The summed E-state index contributed by atoms with van der Waals surface area (Å²) < 4.78 is 0. The zero-order chi connectivity index (χ0) is 13.7. The minimum absolute atomic E-state index is 0.00928. The second kappa shape index (κ2) is 6.55. The van der Waals surface area contributed by atoms with E-state index in [1.807, 2.05) is 0 Å². The van der Waals surface area contributed by atoms with E-state index in [4.69, 9.17) is 0 Å². The van der Waals surface area contributed by atoms with Crippen LogP contribution in [0.3, 0.4) is 0 Å². The number of pyridine rings is 1. The topological polar surface area (TPSA) is 54.0 Å². The number of carbonyl (C=O) groups excluding carboxylic acids is 1. The molecule has 1 aromatic rings. The second-order valence-corrected chi connectivity index (χ2v) is 5.52. The van der Waals surface area contributed by atoms with Gasteiger partial charge in [-0.2, -0.15) is 0 Å². The van der Waals surface area contributed by atoms with Crippen LogP contribution in [0.15, 0.2) is 18.5 Å². The summed E-state index contributed by atoms with van der Waals surface area (Å²) in [5.41, 5.74) is 1.44. The summed E-state index contributed by atoms with van der Waals surface area (Å²) in [5.74, 6) is 1.42. The maximum Gasteiger partial charge on any atom is 0.253 e. The molecule has 0 aliphatic heterocycles. The molecule has 2 atom stereocenters. The molecule has 1 aliphatic carbocycles. The third-order valence-corrected chi connectivity index (χ3v) is 3.93. The Morgan fingerprint density at radius 2 is 2.32 bits per heavy atom. The van der Waals surface area contributed by atoms with E-state index in [2.05, 4.69) is 22.5 Å². The van der Waals surface area contributed by atoms with Crippen molar-refractivity contribution in [3.8, 4) is 0 Å². The van der Waals surface area contributed by atoms with Crippen molar-refractivity contribution in [2.24, 2.45) is 11.8 Å². The first-order chi connectivity index (χ1) is 9.20. The Hall–Kier alpha value is -1.58. The second-order valence-electron chi connectivity index (χ2n) is 5.52. The van der Waals surface area contributed by atoms with E-state index < -0.39 is 0 Å². The summed E-state index contributed by atoms with van der Waals surface area (Å²) in [6.07, 6.45) is 8.42. The van der Waals surface area contributed by atoms with Crippen LogP contribution in [0.5, 0.6) is 0 Å². The van der Waals surface area contributed by atoms with Gasteiger partial charge in [0.05, 0.1) is 17.4 Å². The van der Waals surface area contributed by atoms with Gasteiger partial charge in [0.25, 0.3) is 5.91 Å². The van der Waals surface area contributed by atoms with E-state index in [1.54, 1.807) is 25.5 Å². The lowest BCUT2D eigenvalue weighted by atomic mass is 9.82. The van der Waals surface area contributed by atoms with Gasteiger partial charge in [-0.3, -0.25) is 9.78 Å². The molecule has 1 heterocycles. The van der Waals surface area contributed by atoms with Gasteiger partial charge in [0.1, 0.15) is 0 Å². The number of amides is 1. The Labute approximate surface area is 115 Å². The van der Waals surface area contributed by atoms with E-state index >= 15 is 0 Å². The highest BCUT2D eigenvalue weighted by atomic mass is 16.1. The van der Waals surface area contributed by atoms with Crippen molar-refractivity contribution in [2.75, 3.05) is 18.9 Å². The summed E-state index contributed by atoms with van der Waals surface area (Å²) in [4.78, 5) is 16.2. The van der Waals surface area contributed by atoms with E-state index in [-0.39, 0.29) is 5.91 Å². The van der Waals surface area contributed by atoms with Crippen molar-refractivity contribution in [1.82, 2.24) is 10.3 Å². The first-order valence-corrected chi connectivity index (χ1v) is 7.10. The standard InChI is InChI=1S/C15H23N3O/c1-11-4-3-5-12(8-11)9-18-15(19)13-6-7-17-10-14(13)16-2/h6-7,10-12,16H,3-5,8-9H2,1-2H3,(H,18,19). The van der Waals surface area contributed by atoms with Crippen molar-refractivity contribution in [2.45, 2.75) is 32.6 Å². The number of aromatic nitrogens is 1. The predicted molar refractivity (Wildman–Crippen MR) is 77.2 cm³/mol. The molecule has 0 saturated heterocycles. The van der Waals surface area contributed by atoms with Gasteiger partial charge >= 0.3 is 0 Å². The fraction of sp³-hybridized carbons (Fsp3) is 0.600. The molecule has 2 unspecified atom stereocenters. The smallest absolute Gasteiger partial charge is 0.253 e. The molecule has 2 rings (SSSR count). The van der Waals surface area contributed by atoms with Crippen LogP contribution in [0.25, 0.3) is 0 Å². The quantitative estimate of drug-likeness (QED) is 0.876. The number of rotatable bonds is 4. The molecule has 19 heavy (non-hydrogen) atoms. The molecule has 4 nitrogen and oxygen atoms in total. The highest BCUT2D eigenvalue weighted by Gasteiger charge is 2.20. The monoisotopic (exact) mass is 261 g/mol. The van der Waals surface area contributed by atoms with Crippen molar-refractivity contribution >= 4 is 11.6 Å². The Morgan fingerprint density at radius 3 is 3.05 bits per heavy atom. The van der Waals surface area contributed by atoms with Crippen LogP contribution in [-0.4, -0.2) is 24.5 Å². The van der Waals surface area contributed by atoms with Gasteiger partial charge in [-0.1, -0.05) is 19.8 Å². The van der Waals surface area contributed by atoms with Crippen molar-refractivity contribution < 1.29 is 4.79 Å². The Balaban J connectivity index is 1.90. The highest BCUT2D eigenvalue weighted by molar-refractivity contribution is 5.99. The lowest BCUT2D eigenvalue weighted by molar-refractivity contribution is 0.0941. The molecular formula is C15H23N3O. The van der Waals surface area contributed by atoms with Crippen LogP contribution >= 0.6 is 0 Å². The summed E-state index contributed by atoms with van der Waals surface area (Å²) in [7, 11) is 1.80. The Kier molecular flexibility index (Phi) is 4.77. The van der Waals surface area contributed by atoms with Gasteiger partial charge in [0.15, 0.2) is 0 Å². The average Bonchev–Trinajstić information content (AvgIpc) is 2.45. The van der Waals surface area contributed by atoms with Crippen LogP contribution < -0.4 is 10.6 Å². The molecule has 0 bridgehead atoms. The first kappa shape index (κ1) is 13.8. The molecule has 104 valence electrons. The molecule has 1 aromatic heterocycles. The van der Waals surface area contributed by atoms with Crippen molar-refractivity contribution in [3.63, 3.8) is 0 Å². The summed E-state index contributed by atoms with van der Waals surface area (Å²) in [5, 5.41) is 6.06. The molecule has 2 N–H and O–H groups in total. The number of hydrogen-bond donors (Lipinski definition) is 2. The Bertz CT molecular complexity index is 433. The zero-order valence-electron chi connectivity index (χ0n) is 11.8. The number of anilines is 1. The van der Waals surface area contributed by atoms with Gasteiger partial charge in [0.2, 0.25) is 0 Å². The molecule has 1 amide bonds. The summed E-state index contributed by atoms with van der Waals surface area (Å²) >= 11 is 0. The Morgan fingerprint density at radius 1 is 1.47 bits per heavy atom. The zero-order valence-corrected chi connectivity index (χ0v) is 11.8. The molecule has 1 aliphatic rings. The van der Waals surface area contributed by atoms with E-state index in [9.17, 15) is 4.79 Å². The normalized spacial score (nSPS) is 22.8. The highest BCUT2D eigenvalue weighted by Crippen LogP contribution is 2.28. The maximum atomic E-state index is 12.2. The maximum absolute atomic E-state index is 12.2. The lowest BCUT2D eigenvalue weighted by Crippen LogP contribution is -2.31. The lowest BCUT2D eigenvalue weighted by Gasteiger charge is -2.26. The minimum Gasteiger partial charge on any atom is -0.386 e. The number of hydrogen-bond acceptors (Lipinski definition) is 3. The molecule has 0 aromatic carbocycles. The summed E-state index contributed by atoms with van der Waals surface area (Å²) in [6.45, 7) is 3.09. The minimum atomic E-state index is -0.00928. The molecule has 0 radical (unpaired) electrons. The van der Waals surface area contributed by atoms with Crippen LogP contribution in [0.2, 0.25) is 0 Å². The molecule has 1 fully saturated rings. The van der Waals surface area contributed by atoms with Crippen molar-refractivity contribution in [1.29, 1.82) is 0 Å². The number of nitrogens with zero attached hydrogens (tertiary/aromatic N) is 1. The molecular weight excluding hydrogens is 238 g/mol. The molecule has 1 saturated carbocycles. The van der Waals surface area contributed by atoms with Gasteiger partial charge in [0, 0.05) is 19.8 Å². The third-order valence-electron chi connectivity index (χ3n) is 3.93. The van der Waals surface area contributed by atoms with Gasteiger partial charge in [-0.25, -0.2) is 0 Å². The number of nitrogens with one attached hydrogen (secondary N) is 2. The van der Waals surface area contributed by atoms with Crippen molar-refractivity contribution in [3.05, 3.63) is 24.0 Å². The van der Waals surface area contributed by atoms with Crippen LogP contribution in [-0.2, 0) is 0 Å². The van der Waals surface area contributed by atoms with Crippen LogP contribution in [0, 0.1) is 11.8 Å². The summed E-state index contributed by atoms with van der Waals surface area (Å²) in [6, 6.07) is 1.75. The average molecular weight is 261 g/mol. The molecule has 0 spiro atoms. The van der Waals surface area contributed by atoms with E-state index in [1.165, 1.54) is 25.7 Å². The van der Waals surface area contributed by atoms with E-state index in [0.29, 0.717) is 11.5 Å². The first-order valence-electron chi connectivity index (χ1n) is 7.10. The van der Waals surface area contributed by atoms with E-state index in [0.717, 1.165) is 18.2 Å². The predicted octanol–water partition coefficient (Wildman–Crippen LogP) is 2.68. The van der Waals surface area contributed by atoms with Gasteiger partial charge in [-0.05, 0) is 30.7 Å². The molecule has 4 heteroatoms.